The first kappa shape index (κ1) is 16.4. The van der Waals surface area contributed by atoms with E-state index < -0.39 is 7.92 Å². The van der Waals surface area contributed by atoms with Crippen molar-refractivity contribution < 1.29 is 9.53 Å². The molecule has 120 valence electrons. The van der Waals surface area contributed by atoms with E-state index in [2.05, 4.69) is 60.7 Å². The molecule has 0 aliphatic rings. The summed E-state index contributed by atoms with van der Waals surface area (Å²) in [6, 6.07) is 29.1. The maximum atomic E-state index is 11.0. The van der Waals surface area contributed by atoms with Crippen LogP contribution in [0, 0.1) is 0 Å². The predicted molar refractivity (Wildman–Crippen MR) is 101 cm³/mol. The van der Waals surface area contributed by atoms with Crippen molar-refractivity contribution in [2.45, 2.75) is 13.1 Å². The summed E-state index contributed by atoms with van der Waals surface area (Å²) in [7, 11) is -0.461. The minimum Gasteiger partial charge on any atom is -0.427 e. The van der Waals surface area contributed by atoms with Gasteiger partial charge in [0.25, 0.3) is 0 Å². The molecule has 2 nitrogen and oxygen atoms in total. The van der Waals surface area contributed by atoms with Gasteiger partial charge in [-0.25, -0.2) is 0 Å². The van der Waals surface area contributed by atoms with E-state index in [0.29, 0.717) is 5.75 Å². The van der Waals surface area contributed by atoms with E-state index in [1.165, 1.54) is 23.1 Å². The minimum atomic E-state index is -0.461. The van der Waals surface area contributed by atoms with Gasteiger partial charge in [-0.05, 0) is 36.2 Å². The third kappa shape index (κ3) is 4.31. The van der Waals surface area contributed by atoms with E-state index >= 15 is 0 Å². The second-order valence-electron chi connectivity index (χ2n) is 5.49. The Kier molecular flexibility index (Phi) is 5.40. The first-order valence-corrected chi connectivity index (χ1v) is 9.40. The van der Waals surface area contributed by atoms with Gasteiger partial charge in [0.15, 0.2) is 0 Å². The zero-order valence-corrected chi connectivity index (χ0v) is 14.4. The van der Waals surface area contributed by atoms with E-state index in [-0.39, 0.29) is 5.97 Å². The lowest BCUT2D eigenvalue weighted by Crippen LogP contribution is -2.12. The summed E-state index contributed by atoms with van der Waals surface area (Å²) in [5.41, 5.74) is 1.24. The van der Waals surface area contributed by atoms with Crippen molar-refractivity contribution in [3.8, 4) is 5.75 Å². The van der Waals surface area contributed by atoms with Gasteiger partial charge in [-0.15, -0.1) is 0 Å². The monoisotopic (exact) mass is 334 g/mol. The maximum absolute atomic E-state index is 11.0. The quantitative estimate of drug-likeness (QED) is 0.396. The van der Waals surface area contributed by atoms with E-state index in [1.807, 2.05) is 24.3 Å². The SMILES string of the molecule is CC(=O)Oc1ccc(CP(c2ccccc2)c2ccccc2)cc1. The molecule has 0 amide bonds. The largest absolute Gasteiger partial charge is 0.427 e. The molecule has 3 aromatic carbocycles. The number of rotatable bonds is 5. The fourth-order valence-corrected chi connectivity index (χ4v) is 4.86. The maximum Gasteiger partial charge on any atom is 0.308 e. The van der Waals surface area contributed by atoms with Gasteiger partial charge in [-0.3, -0.25) is 4.79 Å². The third-order valence-corrected chi connectivity index (χ3v) is 6.19. The van der Waals surface area contributed by atoms with Crippen LogP contribution in [0.1, 0.15) is 12.5 Å². The smallest absolute Gasteiger partial charge is 0.308 e. The molecule has 0 spiro atoms. The lowest BCUT2D eigenvalue weighted by molar-refractivity contribution is -0.131. The Morgan fingerprint density at radius 3 is 1.75 bits per heavy atom. The van der Waals surface area contributed by atoms with Crippen molar-refractivity contribution in [2.75, 3.05) is 0 Å². The van der Waals surface area contributed by atoms with Crippen LogP contribution in [0.25, 0.3) is 0 Å². The van der Waals surface area contributed by atoms with Crippen molar-refractivity contribution >= 4 is 24.5 Å². The topological polar surface area (TPSA) is 26.3 Å². The van der Waals surface area contributed by atoms with Gasteiger partial charge in [0.2, 0.25) is 0 Å². The number of carbonyl (C=O) groups is 1. The molecule has 0 bridgehead atoms. The summed E-state index contributed by atoms with van der Waals surface area (Å²) in [6.45, 7) is 1.41. The molecule has 0 saturated carbocycles. The standard InChI is InChI=1S/C21H19O2P/c1-17(22)23-19-14-12-18(13-15-19)16-24(20-8-4-2-5-9-20)21-10-6-3-7-11-21/h2-15H,16H2,1H3. The Hall–Kier alpha value is -2.44. The summed E-state index contributed by atoms with van der Waals surface area (Å²) in [6.07, 6.45) is 0.962. The van der Waals surface area contributed by atoms with Crippen molar-refractivity contribution in [3.63, 3.8) is 0 Å². The molecule has 0 saturated heterocycles. The number of ether oxygens (including phenoxy) is 1. The zero-order chi connectivity index (χ0) is 16.8. The molecule has 3 heteroatoms. The van der Waals surface area contributed by atoms with Gasteiger partial charge in [0, 0.05) is 13.1 Å². The molecule has 0 aliphatic heterocycles. The van der Waals surface area contributed by atoms with Gasteiger partial charge in [-0.1, -0.05) is 72.8 Å². The molecule has 0 radical (unpaired) electrons. The average molecular weight is 334 g/mol. The Morgan fingerprint density at radius 2 is 1.29 bits per heavy atom. The molecule has 0 atom stereocenters. The van der Waals surface area contributed by atoms with Gasteiger partial charge in [-0.2, -0.15) is 0 Å². The molecule has 24 heavy (non-hydrogen) atoms. The van der Waals surface area contributed by atoms with Gasteiger partial charge in [0.1, 0.15) is 5.75 Å². The molecule has 0 heterocycles. The minimum absolute atomic E-state index is 0.293. The Balaban J connectivity index is 1.86. The molecular weight excluding hydrogens is 315 g/mol. The van der Waals surface area contributed by atoms with Gasteiger partial charge >= 0.3 is 5.97 Å². The summed E-state index contributed by atoms with van der Waals surface area (Å²) in [4.78, 5) is 11.0. The molecule has 0 aromatic heterocycles. The summed E-state index contributed by atoms with van der Waals surface area (Å²) >= 11 is 0. The van der Waals surface area contributed by atoms with Crippen LogP contribution >= 0.6 is 7.92 Å². The molecule has 0 N–H and O–H groups in total. The highest BCUT2D eigenvalue weighted by Crippen LogP contribution is 2.38. The van der Waals surface area contributed by atoms with Crippen molar-refractivity contribution in [1.82, 2.24) is 0 Å². The van der Waals surface area contributed by atoms with Crippen LogP contribution in [-0.2, 0) is 11.0 Å². The Morgan fingerprint density at radius 1 is 0.792 bits per heavy atom. The lowest BCUT2D eigenvalue weighted by Gasteiger charge is -2.19. The van der Waals surface area contributed by atoms with Crippen molar-refractivity contribution in [2.24, 2.45) is 0 Å². The Labute approximate surface area is 143 Å². The first-order chi connectivity index (χ1) is 11.7. The average Bonchev–Trinajstić information content (AvgIpc) is 2.62. The van der Waals surface area contributed by atoms with Crippen LogP contribution in [0.2, 0.25) is 0 Å². The summed E-state index contributed by atoms with van der Waals surface area (Å²) < 4.78 is 5.11. The lowest BCUT2D eigenvalue weighted by atomic mass is 10.2. The van der Waals surface area contributed by atoms with E-state index in [1.54, 1.807) is 0 Å². The highest BCUT2D eigenvalue weighted by atomic mass is 31.1. The van der Waals surface area contributed by atoms with Gasteiger partial charge < -0.3 is 4.74 Å². The fraction of sp³-hybridized carbons (Fsp3) is 0.0952. The van der Waals surface area contributed by atoms with Crippen LogP contribution < -0.4 is 15.3 Å². The third-order valence-electron chi connectivity index (χ3n) is 3.66. The van der Waals surface area contributed by atoms with Crippen LogP contribution in [0.4, 0.5) is 0 Å². The van der Waals surface area contributed by atoms with Crippen LogP contribution in [0.3, 0.4) is 0 Å². The zero-order valence-electron chi connectivity index (χ0n) is 13.6. The number of hydrogen-bond donors (Lipinski definition) is 0. The van der Waals surface area contributed by atoms with E-state index in [4.69, 9.17) is 4.74 Å². The van der Waals surface area contributed by atoms with Crippen LogP contribution in [0.15, 0.2) is 84.9 Å². The van der Waals surface area contributed by atoms with Crippen LogP contribution in [-0.4, -0.2) is 5.97 Å². The Bertz CT molecular complexity index is 744. The first-order valence-electron chi connectivity index (χ1n) is 7.87. The van der Waals surface area contributed by atoms with Gasteiger partial charge in [0.05, 0.1) is 0 Å². The summed E-state index contributed by atoms with van der Waals surface area (Å²) in [5, 5.41) is 2.73. The molecule has 3 rings (SSSR count). The van der Waals surface area contributed by atoms with Crippen molar-refractivity contribution in [3.05, 3.63) is 90.5 Å². The highest BCUT2D eigenvalue weighted by Gasteiger charge is 2.14. The summed E-state index contributed by atoms with van der Waals surface area (Å²) in [5.74, 6) is 0.300. The fourth-order valence-electron chi connectivity index (χ4n) is 2.56. The molecule has 0 aliphatic carbocycles. The van der Waals surface area contributed by atoms with Crippen LogP contribution in [0.5, 0.6) is 5.75 Å². The molecule has 0 unspecified atom stereocenters. The second-order valence-corrected chi connectivity index (χ2v) is 7.70. The van der Waals surface area contributed by atoms with Crippen molar-refractivity contribution in [1.29, 1.82) is 0 Å². The second kappa shape index (κ2) is 7.90. The molecule has 3 aromatic rings. The predicted octanol–water partition coefficient (Wildman–Crippen LogP) is 4.24. The number of hydrogen-bond acceptors (Lipinski definition) is 2. The molecule has 0 fully saturated rings. The highest BCUT2D eigenvalue weighted by molar-refractivity contribution is 7.72. The number of carbonyl (C=O) groups excluding carboxylic acids is 1. The number of esters is 1. The molecular formula is C21H19O2P. The normalized spacial score (nSPS) is 10.6. The number of benzene rings is 3. The van der Waals surface area contributed by atoms with E-state index in [0.717, 1.165) is 6.16 Å². The van der Waals surface area contributed by atoms with E-state index in [9.17, 15) is 4.79 Å².